The van der Waals surface area contributed by atoms with Gasteiger partial charge in [0.15, 0.2) is 5.82 Å². The lowest BCUT2D eigenvalue weighted by Crippen LogP contribution is -2.15. The predicted molar refractivity (Wildman–Crippen MR) is 74.0 cm³/mol. The zero-order valence-corrected chi connectivity index (χ0v) is 10.6. The highest BCUT2D eigenvalue weighted by Crippen LogP contribution is 2.26. The van der Waals surface area contributed by atoms with Crippen molar-refractivity contribution < 1.29 is 4.79 Å². The summed E-state index contributed by atoms with van der Waals surface area (Å²) < 4.78 is 0. The van der Waals surface area contributed by atoms with Crippen molar-refractivity contribution in [2.24, 2.45) is 0 Å². The van der Waals surface area contributed by atoms with Crippen LogP contribution >= 0.6 is 0 Å². The van der Waals surface area contributed by atoms with Gasteiger partial charge in [0.1, 0.15) is 0 Å². The van der Waals surface area contributed by atoms with Crippen molar-refractivity contribution in [2.45, 2.75) is 25.7 Å². The molecule has 1 amide bonds. The van der Waals surface area contributed by atoms with Gasteiger partial charge in [0.2, 0.25) is 0 Å². The Morgan fingerprint density at radius 1 is 1.26 bits per heavy atom. The van der Waals surface area contributed by atoms with Crippen molar-refractivity contribution in [3.05, 3.63) is 41.1 Å². The van der Waals surface area contributed by atoms with Crippen LogP contribution in [0.15, 0.2) is 24.3 Å². The Bertz CT molecular complexity index is 618. The van der Waals surface area contributed by atoms with Crippen LogP contribution in [0.1, 0.15) is 34.5 Å². The molecule has 1 aliphatic carbocycles. The van der Waals surface area contributed by atoms with Gasteiger partial charge in [-0.15, -0.1) is 0 Å². The quantitative estimate of drug-likeness (QED) is 0.720. The summed E-state index contributed by atoms with van der Waals surface area (Å²) in [5.41, 5.74) is 9.03. The molecule has 98 valence electrons. The van der Waals surface area contributed by atoms with E-state index in [4.69, 9.17) is 5.73 Å². The van der Waals surface area contributed by atoms with Gasteiger partial charge in [-0.25, -0.2) is 0 Å². The number of amides is 1. The van der Waals surface area contributed by atoms with Crippen LogP contribution in [0.2, 0.25) is 0 Å². The van der Waals surface area contributed by atoms with Crippen molar-refractivity contribution in [1.82, 2.24) is 10.2 Å². The van der Waals surface area contributed by atoms with E-state index in [1.807, 2.05) is 6.07 Å². The third kappa shape index (κ3) is 2.19. The number of nitrogen functional groups attached to an aromatic ring is 1. The van der Waals surface area contributed by atoms with Gasteiger partial charge >= 0.3 is 0 Å². The minimum absolute atomic E-state index is 0.210. The Kier molecular flexibility index (Phi) is 2.95. The lowest BCUT2D eigenvalue weighted by molar-refractivity contribution is 0.102. The largest absolute Gasteiger partial charge is 0.398 e. The monoisotopic (exact) mass is 256 g/mol. The van der Waals surface area contributed by atoms with Gasteiger partial charge in [0.05, 0.1) is 5.56 Å². The van der Waals surface area contributed by atoms with Gasteiger partial charge in [-0.05, 0) is 37.8 Å². The minimum atomic E-state index is -0.210. The number of nitrogens with one attached hydrogen (secondary N) is 2. The fourth-order valence-corrected chi connectivity index (χ4v) is 2.46. The van der Waals surface area contributed by atoms with E-state index >= 15 is 0 Å². The summed E-state index contributed by atoms with van der Waals surface area (Å²) in [6.45, 7) is 0. The third-order valence-corrected chi connectivity index (χ3v) is 3.49. The summed E-state index contributed by atoms with van der Waals surface area (Å²) in [6.07, 6.45) is 4.29. The van der Waals surface area contributed by atoms with E-state index in [0.29, 0.717) is 17.1 Å². The summed E-state index contributed by atoms with van der Waals surface area (Å²) in [5, 5.41) is 10.0. The van der Waals surface area contributed by atoms with Crippen molar-refractivity contribution >= 4 is 17.4 Å². The van der Waals surface area contributed by atoms with Gasteiger partial charge in [-0.2, -0.15) is 5.10 Å². The number of carbonyl (C=O) groups is 1. The van der Waals surface area contributed by atoms with Crippen LogP contribution in [0, 0.1) is 0 Å². The van der Waals surface area contributed by atoms with Crippen molar-refractivity contribution in [3.8, 4) is 0 Å². The highest BCUT2D eigenvalue weighted by molar-refractivity contribution is 6.07. The smallest absolute Gasteiger partial charge is 0.258 e. The Labute approximate surface area is 111 Å². The normalized spacial score (nSPS) is 13.9. The van der Waals surface area contributed by atoms with Crippen molar-refractivity contribution in [2.75, 3.05) is 11.1 Å². The zero-order valence-electron chi connectivity index (χ0n) is 10.6. The molecule has 19 heavy (non-hydrogen) atoms. The number of para-hydroxylation sites is 1. The summed E-state index contributed by atoms with van der Waals surface area (Å²) in [6, 6.07) is 7.03. The SMILES string of the molecule is Nc1ccccc1C(=O)Nc1n[nH]c2c1CCCC2. The van der Waals surface area contributed by atoms with Crippen LogP contribution in [0.4, 0.5) is 11.5 Å². The molecule has 5 heteroatoms. The average molecular weight is 256 g/mol. The van der Waals surface area contributed by atoms with E-state index in [9.17, 15) is 4.79 Å². The number of fused-ring (bicyclic) bond motifs is 1. The number of anilines is 2. The second-order valence-electron chi connectivity index (χ2n) is 4.78. The molecule has 5 nitrogen and oxygen atoms in total. The number of aryl methyl sites for hydroxylation is 1. The molecule has 0 unspecified atom stereocenters. The van der Waals surface area contributed by atoms with E-state index in [-0.39, 0.29) is 5.91 Å². The highest BCUT2D eigenvalue weighted by Gasteiger charge is 2.19. The number of aromatic amines is 1. The second kappa shape index (κ2) is 4.76. The van der Waals surface area contributed by atoms with Crippen LogP contribution in [0.25, 0.3) is 0 Å². The van der Waals surface area contributed by atoms with Crippen LogP contribution in [0.3, 0.4) is 0 Å². The Morgan fingerprint density at radius 3 is 2.89 bits per heavy atom. The Morgan fingerprint density at radius 2 is 2.05 bits per heavy atom. The third-order valence-electron chi connectivity index (χ3n) is 3.49. The molecule has 0 fully saturated rings. The van der Waals surface area contributed by atoms with Gasteiger partial charge in [0.25, 0.3) is 5.91 Å². The number of hydrogen-bond donors (Lipinski definition) is 3. The lowest BCUT2D eigenvalue weighted by atomic mass is 9.97. The van der Waals surface area contributed by atoms with Gasteiger partial charge < -0.3 is 11.1 Å². The average Bonchev–Trinajstić information content (AvgIpc) is 2.83. The van der Waals surface area contributed by atoms with Crippen LogP contribution in [-0.2, 0) is 12.8 Å². The molecule has 0 atom stereocenters. The first-order valence-corrected chi connectivity index (χ1v) is 6.47. The highest BCUT2D eigenvalue weighted by atomic mass is 16.1. The molecule has 0 bridgehead atoms. The number of nitrogens with zero attached hydrogens (tertiary/aromatic N) is 1. The fourth-order valence-electron chi connectivity index (χ4n) is 2.46. The fraction of sp³-hybridized carbons (Fsp3) is 0.286. The maximum atomic E-state index is 12.2. The molecule has 4 N–H and O–H groups in total. The summed E-state index contributed by atoms with van der Waals surface area (Å²) in [7, 11) is 0. The van der Waals surface area contributed by atoms with Crippen LogP contribution < -0.4 is 11.1 Å². The van der Waals surface area contributed by atoms with Crippen LogP contribution in [-0.4, -0.2) is 16.1 Å². The molecule has 2 aromatic rings. The summed E-state index contributed by atoms with van der Waals surface area (Å²) in [5.74, 6) is 0.431. The zero-order chi connectivity index (χ0) is 13.2. The number of aromatic nitrogens is 2. The molecule has 1 aromatic carbocycles. The predicted octanol–water partition coefficient (Wildman–Crippen LogP) is 2.12. The molecule has 1 aromatic heterocycles. The maximum Gasteiger partial charge on any atom is 0.258 e. The number of rotatable bonds is 2. The van der Waals surface area contributed by atoms with Crippen molar-refractivity contribution in [3.63, 3.8) is 0 Å². The number of carbonyl (C=O) groups excluding carboxylic acids is 1. The molecular weight excluding hydrogens is 240 g/mol. The number of H-pyrrole nitrogens is 1. The van der Waals surface area contributed by atoms with E-state index < -0.39 is 0 Å². The molecule has 1 aliphatic rings. The molecule has 1 heterocycles. The molecule has 0 aliphatic heterocycles. The molecule has 0 spiro atoms. The summed E-state index contributed by atoms with van der Waals surface area (Å²) >= 11 is 0. The summed E-state index contributed by atoms with van der Waals surface area (Å²) in [4.78, 5) is 12.2. The number of benzene rings is 1. The molecule has 0 saturated heterocycles. The van der Waals surface area contributed by atoms with Crippen molar-refractivity contribution in [1.29, 1.82) is 0 Å². The topological polar surface area (TPSA) is 83.8 Å². The minimum Gasteiger partial charge on any atom is -0.398 e. The van der Waals surface area contributed by atoms with Gasteiger partial charge in [-0.3, -0.25) is 9.89 Å². The first kappa shape index (κ1) is 11.8. The maximum absolute atomic E-state index is 12.2. The van der Waals surface area contributed by atoms with E-state index in [1.54, 1.807) is 18.2 Å². The van der Waals surface area contributed by atoms with Gasteiger partial charge in [0, 0.05) is 16.9 Å². The standard InChI is InChI=1S/C14H16N4O/c15-11-7-3-1-5-9(11)14(19)16-13-10-6-2-4-8-12(10)17-18-13/h1,3,5,7H,2,4,6,8,15H2,(H2,16,17,18,19). The van der Waals surface area contributed by atoms with E-state index in [2.05, 4.69) is 15.5 Å². The van der Waals surface area contributed by atoms with E-state index in [1.165, 1.54) is 6.42 Å². The van der Waals surface area contributed by atoms with Gasteiger partial charge in [-0.1, -0.05) is 12.1 Å². The van der Waals surface area contributed by atoms with Crippen LogP contribution in [0.5, 0.6) is 0 Å². The van der Waals surface area contributed by atoms with E-state index in [0.717, 1.165) is 30.5 Å². The Balaban J connectivity index is 1.84. The molecular formula is C14H16N4O. The Hall–Kier alpha value is -2.30. The first-order chi connectivity index (χ1) is 9.25. The molecule has 0 radical (unpaired) electrons. The lowest BCUT2D eigenvalue weighted by Gasteiger charge is -2.11. The number of nitrogens with two attached hydrogens (primary N) is 1. The molecule has 3 rings (SSSR count). The number of hydrogen-bond acceptors (Lipinski definition) is 3. The second-order valence-corrected chi connectivity index (χ2v) is 4.78. The first-order valence-electron chi connectivity index (χ1n) is 6.47. The molecule has 0 saturated carbocycles.